The molecule has 0 spiro atoms. The quantitative estimate of drug-likeness (QED) is 0.612. The van der Waals surface area contributed by atoms with Crippen molar-refractivity contribution in [2.24, 2.45) is 5.92 Å². The molecular formula is C17H24N2O6. The van der Waals surface area contributed by atoms with Gasteiger partial charge in [-0.3, -0.25) is 14.4 Å². The molecule has 138 valence electrons. The molecule has 0 saturated carbocycles. The number of nitrogens with one attached hydrogen (secondary N) is 2. The van der Waals surface area contributed by atoms with Crippen LogP contribution in [0.3, 0.4) is 0 Å². The monoisotopic (exact) mass is 352 g/mol. The van der Waals surface area contributed by atoms with Crippen LogP contribution in [-0.4, -0.2) is 49.7 Å². The zero-order chi connectivity index (χ0) is 19.0. The molecule has 8 heteroatoms. The van der Waals surface area contributed by atoms with E-state index < -0.39 is 23.8 Å². The number of methoxy groups -OCH3 is 2. The molecule has 0 aromatic heterocycles. The van der Waals surface area contributed by atoms with Crippen molar-refractivity contribution in [2.45, 2.75) is 26.3 Å². The maximum Gasteiger partial charge on any atom is 0.305 e. The number of rotatable bonds is 9. The standard InChI is InChI=1S/C17H24N2O6/c1-10(2)15(17(23)18-6-5-14(20)21)19-16(22)11-7-12(24-3)9-13(8-11)25-4/h7-10,15H,5-6H2,1-4H3,(H,18,23)(H,19,22)(H,20,21). The number of carboxylic acids is 1. The number of benzene rings is 1. The second-order valence-electron chi connectivity index (χ2n) is 5.73. The maximum atomic E-state index is 12.5. The minimum atomic E-state index is -1.01. The Morgan fingerprint density at radius 2 is 1.64 bits per heavy atom. The summed E-state index contributed by atoms with van der Waals surface area (Å²) in [6, 6.07) is 3.92. The molecule has 1 aromatic carbocycles. The van der Waals surface area contributed by atoms with Gasteiger partial charge in [-0.1, -0.05) is 13.8 Å². The highest BCUT2D eigenvalue weighted by molar-refractivity contribution is 5.98. The van der Waals surface area contributed by atoms with Gasteiger partial charge in [0.25, 0.3) is 5.91 Å². The lowest BCUT2D eigenvalue weighted by molar-refractivity contribution is -0.137. The molecule has 0 fully saturated rings. The Morgan fingerprint density at radius 3 is 2.08 bits per heavy atom. The van der Waals surface area contributed by atoms with E-state index in [0.717, 1.165) is 0 Å². The smallest absolute Gasteiger partial charge is 0.305 e. The van der Waals surface area contributed by atoms with Gasteiger partial charge >= 0.3 is 5.97 Å². The van der Waals surface area contributed by atoms with Crippen LogP contribution >= 0.6 is 0 Å². The van der Waals surface area contributed by atoms with E-state index in [9.17, 15) is 14.4 Å². The second-order valence-corrected chi connectivity index (χ2v) is 5.73. The van der Waals surface area contributed by atoms with Gasteiger partial charge in [0.1, 0.15) is 17.5 Å². The zero-order valence-electron chi connectivity index (χ0n) is 14.8. The van der Waals surface area contributed by atoms with Crippen LogP contribution in [-0.2, 0) is 9.59 Å². The number of aliphatic carboxylic acids is 1. The average Bonchev–Trinajstić information content (AvgIpc) is 2.57. The summed E-state index contributed by atoms with van der Waals surface area (Å²) < 4.78 is 10.3. The summed E-state index contributed by atoms with van der Waals surface area (Å²) in [5.74, 6) is -1.16. The molecule has 8 nitrogen and oxygen atoms in total. The van der Waals surface area contributed by atoms with Gasteiger partial charge in [0.05, 0.1) is 20.6 Å². The fourth-order valence-electron chi connectivity index (χ4n) is 2.10. The van der Waals surface area contributed by atoms with Crippen molar-refractivity contribution in [3.05, 3.63) is 23.8 Å². The second kappa shape index (κ2) is 9.51. The van der Waals surface area contributed by atoms with Crippen molar-refractivity contribution in [1.29, 1.82) is 0 Å². The number of hydrogen-bond acceptors (Lipinski definition) is 5. The van der Waals surface area contributed by atoms with Crippen LogP contribution in [0.25, 0.3) is 0 Å². The lowest BCUT2D eigenvalue weighted by atomic mass is 10.0. The third kappa shape index (κ3) is 6.33. The van der Waals surface area contributed by atoms with Crippen molar-refractivity contribution in [3.63, 3.8) is 0 Å². The number of amides is 2. The Labute approximate surface area is 146 Å². The summed E-state index contributed by atoms with van der Waals surface area (Å²) in [5.41, 5.74) is 0.292. The van der Waals surface area contributed by atoms with Gasteiger partial charge in [-0.15, -0.1) is 0 Å². The minimum Gasteiger partial charge on any atom is -0.497 e. The third-order valence-corrected chi connectivity index (χ3v) is 3.49. The summed E-state index contributed by atoms with van der Waals surface area (Å²) in [4.78, 5) is 35.2. The van der Waals surface area contributed by atoms with Gasteiger partial charge in [-0.25, -0.2) is 0 Å². The van der Waals surface area contributed by atoms with Gasteiger partial charge in [0.2, 0.25) is 5.91 Å². The number of carbonyl (C=O) groups is 3. The molecule has 3 N–H and O–H groups in total. The predicted octanol–water partition coefficient (Wildman–Crippen LogP) is 1.05. The Balaban J connectivity index is 2.85. The van der Waals surface area contributed by atoms with Crippen LogP contribution in [0.15, 0.2) is 18.2 Å². The molecule has 1 rings (SSSR count). The van der Waals surface area contributed by atoms with Crippen LogP contribution in [0, 0.1) is 5.92 Å². The zero-order valence-corrected chi connectivity index (χ0v) is 14.8. The molecule has 0 radical (unpaired) electrons. The highest BCUT2D eigenvalue weighted by Crippen LogP contribution is 2.22. The first-order valence-corrected chi connectivity index (χ1v) is 7.82. The first kappa shape index (κ1) is 20.3. The van der Waals surface area contributed by atoms with Crippen LogP contribution in [0.1, 0.15) is 30.6 Å². The first-order valence-electron chi connectivity index (χ1n) is 7.82. The molecule has 0 aliphatic rings. The van der Waals surface area contributed by atoms with Gasteiger partial charge in [0, 0.05) is 18.2 Å². The number of hydrogen-bond donors (Lipinski definition) is 3. The van der Waals surface area contributed by atoms with E-state index in [2.05, 4.69) is 10.6 Å². The van der Waals surface area contributed by atoms with Gasteiger partial charge in [-0.2, -0.15) is 0 Å². The first-order chi connectivity index (χ1) is 11.8. The van der Waals surface area contributed by atoms with E-state index in [-0.39, 0.29) is 18.9 Å². The lowest BCUT2D eigenvalue weighted by Crippen LogP contribution is -2.50. The van der Waals surface area contributed by atoms with E-state index in [0.29, 0.717) is 17.1 Å². The van der Waals surface area contributed by atoms with Crippen molar-refractivity contribution in [2.75, 3.05) is 20.8 Å². The van der Waals surface area contributed by atoms with Crippen LogP contribution in [0.4, 0.5) is 0 Å². The highest BCUT2D eigenvalue weighted by Gasteiger charge is 2.25. The summed E-state index contributed by atoms with van der Waals surface area (Å²) in [7, 11) is 2.95. The Morgan fingerprint density at radius 1 is 1.08 bits per heavy atom. The van der Waals surface area contributed by atoms with Crippen molar-refractivity contribution in [1.82, 2.24) is 10.6 Å². The van der Waals surface area contributed by atoms with Gasteiger partial charge < -0.3 is 25.2 Å². The van der Waals surface area contributed by atoms with E-state index in [1.54, 1.807) is 19.9 Å². The Kier molecular flexibility index (Phi) is 7.71. The fourth-order valence-corrected chi connectivity index (χ4v) is 2.10. The SMILES string of the molecule is COc1cc(OC)cc(C(=O)NC(C(=O)NCCC(=O)O)C(C)C)c1. The number of ether oxygens (including phenoxy) is 2. The summed E-state index contributed by atoms with van der Waals surface area (Å²) in [5, 5.41) is 13.8. The van der Waals surface area contributed by atoms with E-state index >= 15 is 0 Å². The molecule has 2 amide bonds. The molecule has 0 bridgehead atoms. The number of carbonyl (C=O) groups excluding carboxylic acids is 2. The Bertz CT molecular complexity index is 607. The molecule has 1 unspecified atom stereocenters. The van der Waals surface area contributed by atoms with Gasteiger partial charge in [-0.05, 0) is 18.1 Å². The molecule has 0 heterocycles. The molecule has 1 atom stereocenters. The molecule has 0 aliphatic carbocycles. The fraction of sp³-hybridized carbons (Fsp3) is 0.471. The summed E-state index contributed by atoms with van der Waals surface area (Å²) in [6.45, 7) is 3.57. The molecule has 0 saturated heterocycles. The van der Waals surface area contributed by atoms with Crippen molar-refractivity contribution in [3.8, 4) is 11.5 Å². The van der Waals surface area contributed by atoms with Crippen molar-refractivity contribution >= 4 is 17.8 Å². The van der Waals surface area contributed by atoms with Crippen LogP contribution in [0.2, 0.25) is 0 Å². The Hall–Kier alpha value is -2.77. The van der Waals surface area contributed by atoms with Crippen LogP contribution in [0.5, 0.6) is 11.5 Å². The van der Waals surface area contributed by atoms with Gasteiger partial charge in [0.15, 0.2) is 0 Å². The molecule has 25 heavy (non-hydrogen) atoms. The largest absolute Gasteiger partial charge is 0.497 e. The normalized spacial score (nSPS) is 11.6. The summed E-state index contributed by atoms with van der Waals surface area (Å²) in [6.07, 6.45) is -0.183. The maximum absolute atomic E-state index is 12.5. The minimum absolute atomic E-state index is 0.000238. The molecular weight excluding hydrogens is 328 g/mol. The molecule has 1 aromatic rings. The predicted molar refractivity (Wildman–Crippen MR) is 90.9 cm³/mol. The van der Waals surface area contributed by atoms with E-state index in [1.165, 1.54) is 26.4 Å². The average molecular weight is 352 g/mol. The number of carboxylic acid groups (broad SMARTS) is 1. The van der Waals surface area contributed by atoms with Crippen LogP contribution < -0.4 is 20.1 Å². The van der Waals surface area contributed by atoms with E-state index in [4.69, 9.17) is 14.6 Å². The van der Waals surface area contributed by atoms with Crippen molar-refractivity contribution < 1.29 is 29.0 Å². The lowest BCUT2D eigenvalue weighted by Gasteiger charge is -2.22. The topological polar surface area (TPSA) is 114 Å². The molecule has 0 aliphatic heterocycles. The van der Waals surface area contributed by atoms with E-state index in [1.807, 2.05) is 0 Å². The third-order valence-electron chi connectivity index (χ3n) is 3.49. The summed E-state index contributed by atoms with van der Waals surface area (Å²) >= 11 is 0. The highest BCUT2D eigenvalue weighted by atomic mass is 16.5.